The van der Waals surface area contributed by atoms with E-state index < -0.39 is 5.97 Å². The molecule has 0 saturated carbocycles. The van der Waals surface area contributed by atoms with Crippen molar-refractivity contribution in [1.82, 2.24) is 0 Å². The van der Waals surface area contributed by atoms with E-state index in [4.69, 9.17) is 10.00 Å². The van der Waals surface area contributed by atoms with Gasteiger partial charge in [-0.15, -0.1) is 0 Å². The van der Waals surface area contributed by atoms with Crippen molar-refractivity contribution in [3.8, 4) is 11.8 Å². The Bertz CT molecular complexity index is 460. The predicted octanol–water partition coefficient (Wildman–Crippen LogP) is 1.93. The fraction of sp³-hybridized carbons (Fsp3) is 0.385. The number of aryl methyl sites for hydroxylation is 1. The van der Waals surface area contributed by atoms with Gasteiger partial charge in [-0.1, -0.05) is 6.92 Å². The lowest BCUT2D eigenvalue weighted by Gasteiger charge is -2.09. The largest absolute Gasteiger partial charge is 0.507 e. The lowest BCUT2D eigenvalue weighted by molar-refractivity contribution is -0.142. The maximum absolute atomic E-state index is 11.3. The molecule has 0 spiro atoms. The molecule has 1 N–H and O–H groups in total. The van der Waals surface area contributed by atoms with Gasteiger partial charge in [0.05, 0.1) is 24.7 Å². The van der Waals surface area contributed by atoms with Crippen LogP contribution in [0, 0.1) is 11.3 Å². The molecular weight excluding hydrogens is 218 g/mol. The number of benzene rings is 1. The SMILES string of the molecule is CCOC(=O)Cc1cc(C#N)cc(CC)c1O. The molecule has 0 aliphatic heterocycles. The zero-order chi connectivity index (χ0) is 12.8. The Labute approximate surface area is 100 Å². The quantitative estimate of drug-likeness (QED) is 0.807. The number of nitrogens with zero attached hydrogens (tertiary/aromatic N) is 1. The first-order chi connectivity index (χ1) is 8.12. The number of nitriles is 1. The molecule has 90 valence electrons. The molecule has 0 saturated heterocycles. The maximum Gasteiger partial charge on any atom is 0.310 e. The summed E-state index contributed by atoms with van der Waals surface area (Å²) in [7, 11) is 0. The molecule has 0 radical (unpaired) electrons. The summed E-state index contributed by atoms with van der Waals surface area (Å²) in [6.45, 7) is 3.91. The zero-order valence-corrected chi connectivity index (χ0v) is 9.99. The third kappa shape index (κ3) is 3.22. The molecule has 4 heteroatoms. The monoisotopic (exact) mass is 233 g/mol. The molecule has 0 atom stereocenters. The first-order valence-corrected chi connectivity index (χ1v) is 5.52. The third-order valence-electron chi connectivity index (χ3n) is 2.42. The number of hydrogen-bond donors (Lipinski definition) is 1. The number of rotatable bonds is 4. The van der Waals surface area contributed by atoms with E-state index in [0.29, 0.717) is 29.7 Å². The van der Waals surface area contributed by atoms with E-state index in [2.05, 4.69) is 0 Å². The summed E-state index contributed by atoms with van der Waals surface area (Å²) >= 11 is 0. The van der Waals surface area contributed by atoms with Crippen molar-refractivity contribution >= 4 is 5.97 Å². The second-order valence-corrected chi connectivity index (χ2v) is 3.59. The highest BCUT2D eigenvalue weighted by Gasteiger charge is 2.13. The first-order valence-electron chi connectivity index (χ1n) is 5.52. The summed E-state index contributed by atoms with van der Waals surface area (Å²) in [5.74, 6) is -0.320. The molecule has 17 heavy (non-hydrogen) atoms. The lowest BCUT2D eigenvalue weighted by atomic mass is 10.0. The second kappa shape index (κ2) is 5.90. The Morgan fingerprint density at radius 1 is 1.41 bits per heavy atom. The standard InChI is InChI=1S/C13H15NO3/c1-3-10-5-9(8-14)6-11(13(10)16)7-12(15)17-4-2/h5-6,16H,3-4,7H2,1-2H3. The summed E-state index contributed by atoms with van der Waals surface area (Å²) in [6.07, 6.45) is 0.597. The van der Waals surface area contributed by atoms with Crippen LogP contribution in [0.25, 0.3) is 0 Å². The fourth-order valence-corrected chi connectivity index (χ4v) is 1.60. The molecule has 0 aliphatic carbocycles. The molecule has 0 aromatic heterocycles. The molecule has 0 fully saturated rings. The van der Waals surface area contributed by atoms with Gasteiger partial charge in [-0.2, -0.15) is 5.26 Å². The van der Waals surface area contributed by atoms with Gasteiger partial charge in [-0.3, -0.25) is 4.79 Å². The van der Waals surface area contributed by atoms with Gasteiger partial charge in [0.1, 0.15) is 5.75 Å². The van der Waals surface area contributed by atoms with Crippen LogP contribution < -0.4 is 0 Å². The molecule has 0 aliphatic rings. The summed E-state index contributed by atoms with van der Waals surface area (Å²) in [6, 6.07) is 5.16. The molecule has 0 amide bonds. The lowest BCUT2D eigenvalue weighted by Crippen LogP contribution is -2.08. The van der Waals surface area contributed by atoms with Crippen molar-refractivity contribution in [2.45, 2.75) is 26.7 Å². The summed E-state index contributed by atoms with van der Waals surface area (Å²) in [5.41, 5.74) is 1.56. The van der Waals surface area contributed by atoms with E-state index in [1.54, 1.807) is 13.0 Å². The molecular formula is C13H15NO3. The average Bonchev–Trinajstić information content (AvgIpc) is 2.32. The van der Waals surface area contributed by atoms with Crippen molar-refractivity contribution in [3.63, 3.8) is 0 Å². The van der Waals surface area contributed by atoms with Crippen LogP contribution in [-0.4, -0.2) is 17.7 Å². The molecule has 4 nitrogen and oxygen atoms in total. The molecule has 1 aromatic carbocycles. The van der Waals surface area contributed by atoms with Crippen molar-refractivity contribution in [2.24, 2.45) is 0 Å². The average molecular weight is 233 g/mol. The van der Waals surface area contributed by atoms with E-state index >= 15 is 0 Å². The number of hydrogen-bond acceptors (Lipinski definition) is 4. The van der Waals surface area contributed by atoms with Crippen LogP contribution in [0.1, 0.15) is 30.5 Å². The fourth-order valence-electron chi connectivity index (χ4n) is 1.60. The summed E-state index contributed by atoms with van der Waals surface area (Å²) in [5, 5.41) is 18.8. The number of phenolic OH excluding ortho intramolecular Hbond substituents is 1. The van der Waals surface area contributed by atoms with Gasteiger partial charge in [-0.25, -0.2) is 0 Å². The summed E-state index contributed by atoms with van der Waals surface area (Å²) in [4.78, 5) is 11.3. The van der Waals surface area contributed by atoms with Crippen LogP contribution in [0.4, 0.5) is 0 Å². The first kappa shape index (κ1) is 13.0. The minimum atomic E-state index is -0.403. The van der Waals surface area contributed by atoms with E-state index in [1.807, 2.05) is 13.0 Å². The Hall–Kier alpha value is -2.02. The Morgan fingerprint density at radius 2 is 2.06 bits per heavy atom. The van der Waals surface area contributed by atoms with E-state index in [9.17, 15) is 9.90 Å². The van der Waals surface area contributed by atoms with Crippen LogP contribution in [0.3, 0.4) is 0 Å². The van der Waals surface area contributed by atoms with Crippen LogP contribution in [0.2, 0.25) is 0 Å². The van der Waals surface area contributed by atoms with Gasteiger partial charge in [0.2, 0.25) is 0 Å². The van der Waals surface area contributed by atoms with Crippen molar-refractivity contribution in [3.05, 3.63) is 28.8 Å². The van der Waals surface area contributed by atoms with Crippen molar-refractivity contribution in [1.29, 1.82) is 5.26 Å². The predicted molar refractivity (Wildman–Crippen MR) is 62.5 cm³/mol. The second-order valence-electron chi connectivity index (χ2n) is 3.59. The molecule has 1 rings (SSSR count). The van der Waals surface area contributed by atoms with Crippen LogP contribution in [-0.2, 0) is 22.4 Å². The van der Waals surface area contributed by atoms with Gasteiger partial charge in [0, 0.05) is 5.56 Å². The minimum Gasteiger partial charge on any atom is -0.507 e. The van der Waals surface area contributed by atoms with Gasteiger partial charge in [-0.05, 0) is 31.0 Å². The van der Waals surface area contributed by atoms with Gasteiger partial charge in [0.25, 0.3) is 0 Å². The summed E-state index contributed by atoms with van der Waals surface area (Å²) < 4.78 is 4.81. The topological polar surface area (TPSA) is 70.3 Å². The Balaban J connectivity index is 3.06. The van der Waals surface area contributed by atoms with Crippen LogP contribution >= 0.6 is 0 Å². The highest BCUT2D eigenvalue weighted by Crippen LogP contribution is 2.25. The van der Waals surface area contributed by atoms with Crippen LogP contribution in [0.15, 0.2) is 12.1 Å². The van der Waals surface area contributed by atoms with Gasteiger partial charge in [0.15, 0.2) is 0 Å². The number of phenols is 1. The van der Waals surface area contributed by atoms with Crippen molar-refractivity contribution in [2.75, 3.05) is 6.61 Å². The molecule has 0 bridgehead atoms. The Kier molecular flexibility index (Phi) is 4.53. The van der Waals surface area contributed by atoms with E-state index in [1.165, 1.54) is 6.07 Å². The van der Waals surface area contributed by atoms with Crippen molar-refractivity contribution < 1.29 is 14.6 Å². The third-order valence-corrected chi connectivity index (χ3v) is 2.42. The van der Waals surface area contributed by atoms with E-state index in [-0.39, 0.29) is 12.2 Å². The number of ether oxygens (including phenoxy) is 1. The number of esters is 1. The van der Waals surface area contributed by atoms with Gasteiger partial charge < -0.3 is 9.84 Å². The number of aromatic hydroxyl groups is 1. The minimum absolute atomic E-state index is 0.0117. The number of carbonyl (C=O) groups excluding carboxylic acids is 1. The zero-order valence-electron chi connectivity index (χ0n) is 9.99. The Morgan fingerprint density at radius 3 is 2.59 bits per heavy atom. The smallest absolute Gasteiger partial charge is 0.310 e. The van der Waals surface area contributed by atoms with Gasteiger partial charge >= 0.3 is 5.97 Å². The van der Waals surface area contributed by atoms with Crippen LogP contribution in [0.5, 0.6) is 5.75 Å². The van der Waals surface area contributed by atoms with E-state index in [0.717, 1.165) is 0 Å². The molecule has 1 aromatic rings. The number of carbonyl (C=O) groups is 1. The highest BCUT2D eigenvalue weighted by atomic mass is 16.5. The maximum atomic E-state index is 11.3. The molecule has 0 unspecified atom stereocenters. The molecule has 0 heterocycles. The highest BCUT2D eigenvalue weighted by molar-refractivity contribution is 5.74. The normalized spacial score (nSPS) is 9.71.